The largest absolute Gasteiger partial charge is 0.348 e. The summed E-state index contributed by atoms with van der Waals surface area (Å²) in [5.41, 5.74) is 5.52. The lowest BCUT2D eigenvalue weighted by Crippen LogP contribution is -2.25. The third-order valence-electron chi connectivity index (χ3n) is 5.44. The van der Waals surface area contributed by atoms with Crippen molar-refractivity contribution in [1.29, 1.82) is 0 Å². The molecule has 4 rings (SSSR count). The summed E-state index contributed by atoms with van der Waals surface area (Å²) in [7, 11) is 0. The van der Waals surface area contributed by atoms with E-state index < -0.39 is 0 Å². The number of nitrogens with zero attached hydrogens (tertiary/aromatic N) is 2. The number of carbonyl (C=O) groups excluding carboxylic acids is 1. The first-order valence-corrected chi connectivity index (χ1v) is 10.5. The third kappa shape index (κ3) is 4.56. The summed E-state index contributed by atoms with van der Waals surface area (Å²) < 4.78 is 1.71. The fourth-order valence-corrected chi connectivity index (χ4v) is 3.62. The number of carbonyl (C=O) groups is 1. The van der Waals surface area contributed by atoms with Gasteiger partial charge in [-0.05, 0) is 48.2 Å². The molecule has 0 aliphatic carbocycles. The molecular formula is C26H25N3O2. The van der Waals surface area contributed by atoms with E-state index in [9.17, 15) is 9.59 Å². The summed E-state index contributed by atoms with van der Waals surface area (Å²) in [5.74, 6) is -0.165. The van der Waals surface area contributed by atoms with Crippen molar-refractivity contribution in [2.75, 3.05) is 0 Å². The van der Waals surface area contributed by atoms with Gasteiger partial charge in [-0.25, -0.2) is 4.98 Å². The Morgan fingerprint density at radius 2 is 1.65 bits per heavy atom. The second-order valence-corrected chi connectivity index (χ2v) is 7.63. The highest BCUT2D eigenvalue weighted by atomic mass is 16.1. The summed E-state index contributed by atoms with van der Waals surface area (Å²) in [4.78, 5) is 29.9. The maximum Gasteiger partial charge on any atom is 0.272 e. The van der Waals surface area contributed by atoms with E-state index in [1.54, 1.807) is 29.7 Å². The zero-order valence-corrected chi connectivity index (χ0v) is 17.8. The molecule has 0 saturated heterocycles. The van der Waals surface area contributed by atoms with E-state index >= 15 is 0 Å². The molecule has 1 heterocycles. The summed E-state index contributed by atoms with van der Waals surface area (Å²) >= 11 is 0. The number of benzene rings is 3. The second-order valence-electron chi connectivity index (χ2n) is 7.63. The molecule has 31 heavy (non-hydrogen) atoms. The van der Waals surface area contributed by atoms with Crippen LogP contribution in [0.2, 0.25) is 0 Å². The Morgan fingerprint density at radius 3 is 2.35 bits per heavy atom. The molecule has 1 aromatic heterocycles. The van der Waals surface area contributed by atoms with Gasteiger partial charge in [-0.3, -0.25) is 9.59 Å². The van der Waals surface area contributed by atoms with Gasteiger partial charge in [-0.15, -0.1) is 0 Å². The first-order valence-electron chi connectivity index (χ1n) is 10.5. The SMILES string of the molecule is CCc1ccc(CNC(=O)c2ccc3c(c2)nc(C)c(=O)n3Cc2ccccc2)cc1. The standard InChI is InChI=1S/C26H25N3O2/c1-3-19-9-11-20(12-10-19)16-27-25(30)22-13-14-24-23(15-22)28-18(2)26(31)29(24)17-21-7-5-4-6-8-21/h4-15H,3,16-17H2,1-2H3,(H,27,30). The molecule has 156 valence electrons. The molecule has 0 spiro atoms. The molecule has 0 fully saturated rings. The van der Waals surface area contributed by atoms with E-state index in [1.165, 1.54) is 5.56 Å². The Labute approximate surface area is 181 Å². The lowest BCUT2D eigenvalue weighted by molar-refractivity contribution is 0.0951. The normalized spacial score (nSPS) is 10.9. The molecule has 0 unspecified atom stereocenters. The van der Waals surface area contributed by atoms with Crippen molar-refractivity contribution in [2.24, 2.45) is 0 Å². The Balaban J connectivity index is 1.59. The predicted molar refractivity (Wildman–Crippen MR) is 123 cm³/mol. The van der Waals surface area contributed by atoms with Crippen LogP contribution in [0.4, 0.5) is 0 Å². The van der Waals surface area contributed by atoms with E-state index in [0.717, 1.165) is 17.5 Å². The maximum absolute atomic E-state index is 12.7. The number of aromatic nitrogens is 2. The number of fused-ring (bicyclic) bond motifs is 1. The van der Waals surface area contributed by atoms with Crippen LogP contribution in [0.25, 0.3) is 11.0 Å². The molecule has 5 nitrogen and oxygen atoms in total. The Morgan fingerprint density at radius 1 is 0.935 bits per heavy atom. The quantitative estimate of drug-likeness (QED) is 0.516. The van der Waals surface area contributed by atoms with Gasteiger partial charge < -0.3 is 9.88 Å². The summed E-state index contributed by atoms with van der Waals surface area (Å²) in [6, 6.07) is 23.4. The molecule has 0 saturated carbocycles. The summed E-state index contributed by atoms with van der Waals surface area (Å²) in [5, 5.41) is 2.96. The topological polar surface area (TPSA) is 64.0 Å². The third-order valence-corrected chi connectivity index (χ3v) is 5.44. The van der Waals surface area contributed by atoms with E-state index in [2.05, 4.69) is 29.4 Å². The number of rotatable bonds is 6. The first-order chi connectivity index (χ1) is 15.0. The number of hydrogen-bond acceptors (Lipinski definition) is 3. The molecule has 3 aromatic carbocycles. The number of aryl methyl sites for hydroxylation is 2. The smallest absolute Gasteiger partial charge is 0.272 e. The monoisotopic (exact) mass is 411 g/mol. The first kappa shape index (κ1) is 20.5. The molecule has 4 aromatic rings. The van der Waals surface area contributed by atoms with Crippen molar-refractivity contribution >= 4 is 16.9 Å². The number of nitrogens with one attached hydrogen (secondary N) is 1. The van der Waals surface area contributed by atoms with Gasteiger partial charge in [0.25, 0.3) is 11.5 Å². The highest BCUT2D eigenvalue weighted by Gasteiger charge is 2.12. The summed E-state index contributed by atoms with van der Waals surface area (Å²) in [6.45, 7) is 4.74. The lowest BCUT2D eigenvalue weighted by atomic mass is 10.1. The van der Waals surface area contributed by atoms with Crippen LogP contribution in [-0.2, 0) is 19.5 Å². The highest BCUT2D eigenvalue weighted by molar-refractivity contribution is 5.97. The van der Waals surface area contributed by atoms with Crippen molar-refractivity contribution in [3.63, 3.8) is 0 Å². The van der Waals surface area contributed by atoms with Crippen LogP contribution >= 0.6 is 0 Å². The molecular weight excluding hydrogens is 386 g/mol. The Bertz CT molecular complexity index is 1280. The fourth-order valence-electron chi connectivity index (χ4n) is 3.62. The van der Waals surface area contributed by atoms with Crippen molar-refractivity contribution in [2.45, 2.75) is 33.4 Å². The zero-order chi connectivity index (χ0) is 21.8. The summed E-state index contributed by atoms with van der Waals surface area (Å²) in [6.07, 6.45) is 0.992. The molecule has 5 heteroatoms. The maximum atomic E-state index is 12.7. The predicted octanol–water partition coefficient (Wildman–Crippen LogP) is 4.25. The van der Waals surface area contributed by atoms with Crippen LogP contribution < -0.4 is 10.9 Å². The van der Waals surface area contributed by atoms with Gasteiger partial charge in [0, 0.05) is 12.1 Å². The highest BCUT2D eigenvalue weighted by Crippen LogP contribution is 2.15. The van der Waals surface area contributed by atoms with Crippen molar-refractivity contribution in [3.05, 3.63) is 111 Å². The molecule has 0 aliphatic heterocycles. The number of amides is 1. The van der Waals surface area contributed by atoms with Crippen molar-refractivity contribution < 1.29 is 4.79 Å². The minimum Gasteiger partial charge on any atom is -0.348 e. The van der Waals surface area contributed by atoms with Gasteiger partial charge in [0.05, 0.1) is 17.6 Å². The van der Waals surface area contributed by atoms with Crippen LogP contribution in [0, 0.1) is 6.92 Å². The van der Waals surface area contributed by atoms with Crippen LogP contribution in [0.3, 0.4) is 0 Å². The minimum atomic E-state index is -0.165. The lowest BCUT2D eigenvalue weighted by Gasteiger charge is -2.12. The average molecular weight is 412 g/mol. The van der Waals surface area contributed by atoms with Crippen molar-refractivity contribution in [1.82, 2.24) is 14.9 Å². The van der Waals surface area contributed by atoms with Crippen LogP contribution in [-0.4, -0.2) is 15.5 Å². The molecule has 0 aliphatic rings. The van der Waals surface area contributed by atoms with Crippen LogP contribution in [0.15, 0.2) is 77.6 Å². The van der Waals surface area contributed by atoms with Crippen molar-refractivity contribution in [3.8, 4) is 0 Å². The van der Waals surface area contributed by atoms with E-state index in [-0.39, 0.29) is 11.5 Å². The minimum absolute atomic E-state index is 0.121. The van der Waals surface area contributed by atoms with Crippen LogP contribution in [0.5, 0.6) is 0 Å². The van der Waals surface area contributed by atoms with E-state index in [0.29, 0.717) is 35.4 Å². The Hall–Kier alpha value is -3.73. The van der Waals surface area contributed by atoms with Gasteiger partial charge >= 0.3 is 0 Å². The molecule has 1 N–H and O–H groups in total. The van der Waals surface area contributed by atoms with Gasteiger partial charge in [0.2, 0.25) is 0 Å². The average Bonchev–Trinajstić information content (AvgIpc) is 2.81. The van der Waals surface area contributed by atoms with Crippen LogP contribution in [0.1, 0.15) is 39.7 Å². The Kier molecular flexibility index (Phi) is 5.94. The van der Waals surface area contributed by atoms with E-state index in [4.69, 9.17) is 0 Å². The zero-order valence-electron chi connectivity index (χ0n) is 17.8. The second kappa shape index (κ2) is 8.96. The van der Waals surface area contributed by atoms with E-state index in [1.807, 2.05) is 42.5 Å². The molecule has 0 bridgehead atoms. The van der Waals surface area contributed by atoms with Gasteiger partial charge in [-0.1, -0.05) is 61.5 Å². The van der Waals surface area contributed by atoms with Gasteiger partial charge in [0.15, 0.2) is 0 Å². The number of hydrogen-bond donors (Lipinski definition) is 1. The molecule has 0 radical (unpaired) electrons. The molecule has 1 amide bonds. The fraction of sp³-hybridized carbons (Fsp3) is 0.192. The van der Waals surface area contributed by atoms with Gasteiger partial charge in [-0.2, -0.15) is 0 Å². The molecule has 0 atom stereocenters. The van der Waals surface area contributed by atoms with Gasteiger partial charge in [0.1, 0.15) is 5.69 Å².